The molecule has 0 heterocycles. The van der Waals surface area contributed by atoms with Crippen LogP contribution in [-0.2, 0) is 16.1 Å². The third-order valence-electron chi connectivity index (χ3n) is 5.64. The summed E-state index contributed by atoms with van der Waals surface area (Å²) in [5.41, 5.74) is 1.31. The van der Waals surface area contributed by atoms with Crippen molar-refractivity contribution in [1.82, 2.24) is 10.2 Å². The molecule has 206 valence electrons. The fourth-order valence-corrected chi connectivity index (χ4v) is 3.68. The molecular formula is C28H30FN3O7. The predicted octanol–water partition coefficient (Wildman–Crippen LogP) is 3.26. The predicted molar refractivity (Wildman–Crippen MR) is 142 cm³/mol. The normalized spacial score (nSPS) is 10.3. The quantitative estimate of drug-likeness (QED) is 0.363. The Balaban J connectivity index is 1.75. The number of nitrogens with one attached hydrogen (secondary N) is 2. The Morgan fingerprint density at radius 3 is 1.95 bits per heavy atom. The van der Waals surface area contributed by atoms with E-state index in [4.69, 9.17) is 18.9 Å². The number of hydrogen-bond acceptors (Lipinski definition) is 7. The van der Waals surface area contributed by atoms with E-state index >= 15 is 0 Å². The zero-order valence-corrected chi connectivity index (χ0v) is 22.1. The number of amides is 3. The molecule has 3 rings (SSSR count). The fraction of sp³-hybridized carbons (Fsp3) is 0.250. The lowest BCUT2D eigenvalue weighted by Crippen LogP contribution is -2.42. The highest BCUT2D eigenvalue weighted by atomic mass is 19.1. The molecule has 0 aromatic heterocycles. The molecule has 0 fully saturated rings. The van der Waals surface area contributed by atoms with Crippen molar-refractivity contribution < 1.29 is 37.7 Å². The third-order valence-corrected chi connectivity index (χ3v) is 5.64. The van der Waals surface area contributed by atoms with Gasteiger partial charge in [-0.25, -0.2) is 4.39 Å². The second-order valence-corrected chi connectivity index (χ2v) is 8.26. The van der Waals surface area contributed by atoms with E-state index in [0.29, 0.717) is 22.7 Å². The van der Waals surface area contributed by atoms with Crippen LogP contribution in [0.1, 0.15) is 15.9 Å². The van der Waals surface area contributed by atoms with E-state index in [-0.39, 0.29) is 36.7 Å². The lowest BCUT2D eigenvalue weighted by atomic mass is 10.1. The van der Waals surface area contributed by atoms with E-state index in [9.17, 15) is 18.8 Å². The Labute approximate surface area is 225 Å². The van der Waals surface area contributed by atoms with Crippen LogP contribution in [0.15, 0.2) is 60.7 Å². The smallest absolute Gasteiger partial charge is 0.254 e. The van der Waals surface area contributed by atoms with Gasteiger partial charge in [0.25, 0.3) is 5.91 Å². The number of hydrogen-bond donors (Lipinski definition) is 2. The SMILES string of the molecule is COc1ccc(NC(=O)CNC(=O)CN(Cc2ccc(F)cc2)C(=O)c2cc(OC)c(OC)c(OC)c2)cc1. The minimum Gasteiger partial charge on any atom is -0.497 e. The number of benzene rings is 3. The van der Waals surface area contributed by atoms with Gasteiger partial charge in [-0.15, -0.1) is 0 Å². The summed E-state index contributed by atoms with van der Waals surface area (Å²) in [5.74, 6) is -0.486. The number of rotatable bonds is 12. The highest BCUT2D eigenvalue weighted by Crippen LogP contribution is 2.38. The van der Waals surface area contributed by atoms with Crippen LogP contribution in [0.2, 0.25) is 0 Å². The van der Waals surface area contributed by atoms with Crippen molar-refractivity contribution in [2.24, 2.45) is 0 Å². The minimum atomic E-state index is -0.567. The Kier molecular flexibility index (Phi) is 10.1. The molecule has 0 unspecified atom stereocenters. The molecule has 0 aliphatic heterocycles. The molecule has 2 N–H and O–H groups in total. The average molecular weight is 540 g/mol. The molecule has 0 saturated heterocycles. The van der Waals surface area contributed by atoms with E-state index in [1.807, 2.05) is 0 Å². The van der Waals surface area contributed by atoms with Gasteiger partial charge in [-0.2, -0.15) is 0 Å². The Morgan fingerprint density at radius 2 is 1.41 bits per heavy atom. The largest absolute Gasteiger partial charge is 0.497 e. The van der Waals surface area contributed by atoms with Gasteiger partial charge in [0.05, 0.1) is 35.0 Å². The average Bonchev–Trinajstić information content (AvgIpc) is 2.96. The lowest BCUT2D eigenvalue weighted by molar-refractivity contribution is -0.124. The number of anilines is 1. The van der Waals surface area contributed by atoms with Crippen LogP contribution in [-0.4, -0.2) is 64.2 Å². The van der Waals surface area contributed by atoms with Crippen molar-refractivity contribution in [2.75, 3.05) is 46.8 Å². The van der Waals surface area contributed by atoms with Gasteiger partial charge < -0.3 is 34.5 Å². The van der Waals surface area contributed by atoms with Crippen LogP contribution in [0.3, 0.4) is 0 Å². The van der Waals surface area contributed by atoms with Gasteiger partial charge in [0.1, 0.15) is 18.1 Å². The molecule has 0 bridgehead atoms. The highest BCUT2D eigenvalue weighted by Gasteiger charge is 2.23. The van der Waals surface area contributed by atoms with E-state index in [2.05, 4.69) is 10.6 Å². The maximum atomic E-state index is 13.5. The Morgan fingerprint density at radius 1 is 0.795 bits per heavy atom. The number of halogens is 1. The van der Waals surface area contributed by atoms with Crippen LogP contribution in [0.5, 0.6) is 23.0 Å². The number of carbonyl (C=O) groups is 3. The molecule has 0 aliphatic carbocycles. The summed E-state index contributed by atoms with van der Waals surface area (Å²) in [6.07, 6.45) is 0. The molecule has 0 atom stereocenters. The Hall–Kier alpha value is -4.80. The van der Waals surface area contributed by atoms with E-state index in [1.54, 1.807) is 24.3 Å². The van der Waals surface area contributed by atoms with Gasteiger partial charge in [0.2, 0.25) is 17.6 Å². The van der Waals surface area contributed by atoms with Crippen molar-refractivity contribution in [3.05, 3.63) is 77.6 Å². The summed E-state index contributed by atoms with van der Waals surface area (Å²) in [7, 11) is 5.82. The van der Waals surface area contributed by atoms with Gasteiger partial charge in [-0.1, -0.05) is 12.1 Å². The first-order chi connectivity index (χ1) is 18.8. The maximum Gasteiger partial charge on any atom is 0.254 e. The molecule has 0 aliphatic rings. The number of methoxy groups -OCH3 is 4. The monoisotopic (exact) mass is 539 g/mol. The van der Waals surface area contributed by atoms with Gasteiger partial charge in [0, 0.05) is 17.8 Å². The van der Waals surface area contributed by atoms with Crippen molar-refractivity contribution in [1.29, 1.82) is 0 Å². The van der Waals surface area contributed by atoms with Crippen LogP contribution in [0, 0.1) is 5.82 Å². The van der Waals surface area contributed by atoms with Gasteiger partial charge >= 0.3 is 0 Å². The number of nitrogens with zero attached hydrogens (tertiary/aromatic N) is 1. The van der Waals surface area contributed by atoms with Gasteiger partial charge in [0.15, 0.2) is 11.5 Å². The summed E-state index contributed by atoms with van der Waals surface area (Å²) in [6.45, 7) is -0.683. The summed E-state index contributed by atoms with van der Waals surface area (Å²) in [4.78, 5) is 39.9. The van der Waals surface area contributed by atoms with Crippen LogP contribution < -0.4 is 29.6 Å². The second kappa shape index (κ2) is 13.7. The summed E-state index contributed by atoms with van der Waals surface area (Å²) in [5, 5.41) is 5.19. The van der Waals surface area contributed by atoms with Crippen LogP contribution >= 0.6 is 0 Å². The van der Waals surface area contributed by atoms with Gasteiger partial charge in [-0.05, 0) is 54.1 Å². The van der Waals surface area contributed by atoms with Crippen molar-refractivity contribution >= 4 is 23.4 Å². The van der Waals surface area contributed by atoms with Gasteiger partial charge in [-0.3, -0.25) is 14.4 Å². The zero-order valence-electron chi connectivity index (χ0n) is 22.1. The van der Waals surface area contributed by atoms with Crippen molar-refractivity contribution in [3.8, 4) is 23.0 Å². The Bertz CT molecular complexity index is 1270. The molecule has 3 amide bonds. The summed E-state index contributed by atoms with van der Waals surface area (Å²) >= 11 is 0. The summed E-state index contributed by atoms with van der Waals surface area (Å²) < 4.78 is 34.5. The molecule has 39 heavy (non-hydrogen) atoms. The van der Waals surface area contributed by atoms with E-state index < -0.39 is 23.5 Å². The van der Waals surface area contributed by atoms with Crippen molar-refractivity contribution in [2.45, 2.75) is 6.54 Å². The fourth-order valence-electron chi connectivity index (χ4n) is 3.68. The molecule has 0 radical (unpaired) electrons. The summed E-state index contributed by atoms with van der Waals surface area (Å²) in [6, 6.07) is 15.2. The van der Waals surface area contributed by atoms with Crippen LogP contribution in [0.4, 0.5) is 10.1 Å². The maximum absolute atomic E-state index is 13.5. The first-order valence-electron chi connectivity index (χ1n) is 11.8. The van der Waals surface area contributed by atoms with Crippen LogP contribution in [0.25, 0.3) is 0 Å². The van der Waals surface area contributed by atoms with E-state index in [1.165, 1.54) is 69.7 Å². The molecule has 3 aromatic carbocycles. The topological polar surface area (TPSA) is 115 Å². The zero-order chi connectivity index (χ0) is 28.4. The van der Waals surface area contributed by atoms with E-state index in [0.717, 1.165) is 0 Å². The molecular weight excluding hydrogens is 509 g/mol. The van der Waals surface area contributed by atoms with Crippen molar-refractivity contribution in [3.63, 3.8) is 0 Å². The first kappa shape index (κ1) is 28.8. The first-order valence-corrected chi connectivity index (χ1v) is 11.8. The highest BCUT2D eigenvalue weighted by molar-refractivity contribution is 5.99. The molecule has 11 heteroatoms. The number of ether oxygens (including phenoxy) is 4. The number of carbonyl (C=O) groups excluding carboxylic acids is 3. The molecule has 0 spiro atoms. The minimum absolute atomic E-state index is 0.00123. The lowest BCUT2D eigenvalue weighted by Gasteiger charge is -2.23. The molecule has 10 nitrogen and oxygen atoms in total. The second-order valence-electron chi connectivity index (χ2n) is 8.26. The molecule has 3 aromatic rings. The molecule has 0 saturated carbocycles. The standard InChI is InChI=1S/C28H30FN3O7/c1-36-22-11-9-21(10-12-22)31-25(33)15-30-26(34)17-32(16-18-5-7-20(29)8-6-18)28(35)19-13-23(37-2)27(39-4)24(14-19)38-3/h5-14H,15-17H2,1-4H3,(H,30,34)(H,31,33). The third kappa shape index (κ3) is 7.84.